The third-order valence-electron chi connectivity index (χ3n) is 3.10. The van der Waals surface area contributed by atoms with Crippen LogP contribution in [-0.4, -0.2) is 29.9 Å². The molecule has 2 heterocycles. The molecule has 90 valence electrons. The summed E-state index contributed by atoms with van der Waals surface area (Å²) >= 11 is 0. The van der Waals surface area contributed by atoms with Gasteiger partial charge in [0.15, 0.2) is 15.7 Å². The third kappa shape index (κ3) is 1.82. The fraction of sp³-hybridized carbons (Fsp3) is 0.364. The van der Waals surface area contributed by atoms with Crippen LogP contribution in [0.15, 0.2) is 18.2 Å². The second-order valence-electron chi connectivity index (χ2n) is 4.36. The molecule has 4 nitrogen and oxygen atoms in total. The lowest BCUT2D eigenvalue weighted by molar-refractivity contribution is 0.601. The number of aromatic amines is 1. The lowest BCUT2D eigenvalue weighted by atomic mass is 10.1. The molecule has 1 aliphatic rings. The third-order valence-corrected chi connectivity index (χ3v) is 4.87. The summed E-state index contributed by atoms with van der Waals surface area (Å²) in [6.07, 6.45) is 0.559. The van der Waals surface area contributed by atoms with Crippen LogP contribution in [0.2, 0.25) is 0 Å². The molecule has 1 aliphatic heterocycles. The number of imidazole rings is 1. The smallest absolute Gasteiger partial charge is 0.151 e. The van der Waals surface area contributed by atoms with Gasteiger partial charge in [0.2, 0.25) is 0 Å². The number of fused-ring (bicyclic) bond motifs is 1. The molecule has 0 aliphatic carbocycles. The molecule has 1 aromatic carbocycles. The summed E-state index contributed by atoms with van der Waals surface area (Å²) in [4.78, 5) is 7.17. The van der Waals surface area contributed by atoms with Gasteiger partial charge in [0.1, 0.15) is 11.3 Å². The summed E-state index contributed by atoms with van der Waals surface area (Å²) < 4.78 is 36.2. The van der Waals surface area contributed by atoms with E-state index in [9.17, 15) is 12.8 Å². The fourth-order valence-electron chi connectivity index (χ4n) is 2.22. The maximum atomic E-state index is 13.4. The molecular formula is C11H11FN2O2S. The average Bonchev–Trinajstić information content (AvgIpc) is 2.82. The van der Waals surface area contributed by atoms with E-state index < -0.39 is 9.84 Å². The molecule has 0 amide bonds. The molecule has 0 spiro atoms. The maximum absolute atomic E-state index is 13.4. The number of hydrogen-bond acceptors (Lipinski definition) is 3. The number of rotatable bonds is 1. The zero-order valence-corrected chi connectivity index (χ0v) is 9.80. The van der Waals surface area contributed by atoms with Gasteiger partial charge in [0.05, 0.1) is 17.0 Å². The van der Waals surface area contributed by atoms with Crippen molar-refractivity contribution in [3.63, 3.8) is 0 Å². The largest absolute Gasteiger partial charge is 0.342 e. The molecule has 6 heteroatoms. The normalized spacial score (nSPS) is 23.2. The number of aromatic nitrogens is 2. The summed E-state index contributed by atoms with van der Waals surface area (Å²) in [6, 6.07) is 4.68. The molecule has 0 radical (unpaired) electrons. The van der Waals surface area contributed by atoms with Gasteiger partial charge in [-0.2, -0.15) is 0 Å². The van der Waals surface area contributed by atoms with Crippen LogP contribution in [0.5, 0.6) is 0 Å². The molecule has 1 aromatic heterocycles. The summed E-state index contributed by atoms with van der Waals surface area (Å²) in [5.41, 5.74) is 0.899. The number of sulfone groups is 1. The molecule has 1 fully saturated rings. The molecule has 1 atom stereocenters. The summed E-state index contributed by atoms with van der Waals surface area (Å²) in [5, 5.41) is 0. The summed E-state index contributed by atoms with van der Waals surface area (Å²) in [6.45, 7) is 0. The molecule has 17 heavy (non-hydrogen) atoms. The van der Waals surface area contributed by atoms with E-state index in [4.69, 9.17) is 0 Å². The highest BCUT2D eigenvalue weighted by Crippen LogP contribution is 2.28. The van der Waals surface area contributed by atoms with Gasteiger partial charge >= 0.3 is 0 Å². The van der Waals surface area contributed by atoms with Crippen molar-refractivity contribution in [1.82, 2.24) is 9.97 Å². The van der Waals surface area contributed by atoms with Crippen molar-refractivity contribution < 1.29 is 12.8 Å². The van der Waals surface area contributed by atoms with E-state index in [1.54, 1.807) is 12.1 Å². The maximum Gasteiger partial charge on any atom is 0.151 e. The summed E-state index contributed by atoms with van der Waals surface area (Å²) in [7, 11) is -2.94. The highest BCUT2D eigenvalue weighted by atomic mass is 32.2. The second kappa shape index (κ2) is 3.53. The van der Waals surface area contributed by atoms with E-state index >= 15 is 0 Å². The minimum Gasteiger partial charge on any atom is -0.342 e. The standard InChI is InChI=1S/C11H11FN2O2S/c12-8-2-1-3-9-10(8)14-11(13-9)7-4-5-17(15,16)6-7/h1-3,7H,4-6H2,(H,13,14). The van der Waals surface area contributed by atoms with Crippen LogP contribution in [0, 0.1) is 5.82 Å². The highest BCUT2D eigenvalue weighted by molar-refractivity contribution is 7.91. The van der Waals surface area contributed by atoms with Crippen LogP contribution in [0.3, 0.4) is 0 Å². The highest BCUT2D eigenvalue weighted by Gasteiger charge is 2.31. The molecular weight excluding hydrogens is 243 g/mol. The number of nitrogens with zero attached hydrogens (tertiary/aromatic N) is 1. The minimum atomic E-state index is -2.94. The predicted molar refractivity (Wildman–Crippen MR) is 62.1 cm³/mol. The van der Waals surface area contributed by atoms with Crippen molar-refractivity contribution in [1.29, 1.82) is 0 Å². The number of halogens is 1. The number of nitrogens with one attached hydrogen (secondary N) is 1. The van der Waals surface area contributed by atoms with Gasteiger partial charge in [0.25, 0.3) is 0 Å². The van der Waals surface area contributed by atoms with Gasteiger partial charge < -0.3 is 4.98 Å². The Hall–Kier alpha value is -1.43. The Morgan fingerprint density at radius 2 is 2.24 bits per heavy atom. The van der Waals surface area contributed by atoms with E-state index in [-0.39, 0.29) is 28.8 Å². The van der Waals surface area contributed by atoms with Gasteiger partial charge in [-0.15, -0.1) is 0 Å². The number of H-pyrrole nitrogens is 1. The number of hydrogen-bond donors (Lipinski definition) is 1. The van der Waals surface area contributed by atoms with Crippen LogP contribution in [0.1, 0.15) is 18.2 Å². The molecule has 0 bridgehead atoms. The molecule has 2 aromatic rings. The van der Waals surface area contributed by atoms with Gasteiger partial charge in [-0.3, -0.25) is 0 Å². The van der Waals surface area contributed by atoms with Crippen molar-refractivity contribution in [2.45, 2.75) is 12.3 Å². The van der Waals surface area contributed by atoms with E-state index in [0.29, 0.717) is 17.8 Å². The Morgan fingerprint density at radius 3 is 2.88 bits per heavy atom. The first-order valence-electron chi connectivity index (χ1n) is 5.40. The Kier molecular flexibility index (Phi) is 2.22. The zero-order valence-electron chi connectivity index (χ0n) is 8.98. The number of para-hydroxylation sites is 1. The molecule has 1 N–H and O–H groups in total. The summed E-state index contributed by atoms with van der Waals surface area (Å²) in [5.74, 6) is 0.356. The quantitative estimate of drug-likeness (QED) is 0.840. The van der Waals surface area contributed by atoms with Crippen LogP contribution >= 0.6 is 0 Å². The van der Waals surface area contributed by atoms with Crippen LogP contribution in [0.25, 0.3) is 11.0 Å². The predicted octanol–water partition coefficient (Wildman–Crippen LogP) is 1.60. The van der Waals surface area contributed by atoms with E-state index in [2.05, 4.69) is 9.97 Å². The lowest BCUT2D eigenvalue weighted by Gasteiger charge is -2.01. The van der Waals surface area contributed by atoms with Crippen molar-refractivity contribution in [3.8, 4) is 0 Å². The minimum absolute atomic E-state index is 0.106. The zero-order chi connectivity index (χ0) is 12.0. The van der Waals surface area contributed by atoms with Gasteiger partial charge in [-0.1, -0.05) is 6.07 Å². The monoisotopic (exact) mass is 254 g/mol. The van der Waals surface area contributed by atoms with Crippen molar-refractivity contribution in [3.05, 3.63) is 29.8 Å². The van der Waals surface area contributed by atoms with Crippen LogP contribution < -0.4 is 0 Å². The first kappa shape index (κ1) is 10.7. The SMILES string of the molecule is O=S1(=O)CCC(c2nc3c(F)cccc3[nH]2)C1. The Labute approximate surface area is 97.8 Å². The number of benzene rings is 1. The van der Waals surface area contributed by atoms with Gasteiger partial charge in [0, 0.05) is 5.92 Å². The molecule has 0 saturated carbocycles. The lowest BCUT2D eigenvalue weighted by Crippen LogP contribution is -2.04. The van der Waals surface area contributed by atoms with Crippen LogP contribution in [-0.2, 0) is 9.84 Å². The first-order chi connectivity index (χ1) is 8.05. The van der Waals surface area contributed by atoms with Crippen molar-refractivity contribution in [2.24, 2.45) is 0 Å². The van der Waals surface area contributed by atoms with E-state index in [0.717, 1.165) is 0 Å². The van der Waals surface area contributed by atoms with E-state index in [1.165, 1.54) is 6.07 Å². The molecule has 1 unspecified atom stereocenters. The van der Waals surface area contributed by atoms with Gasteiger partial charge in [-0.25, -0.2) is 17.8 Å². The fourth-order valence-corrected chi connectivity index (χ4v) is 3.97. The average molecular weight is 254 g/mol. The van der Waals surface area contributed by atoms with Crippen molar-refractivity contribution in [2.75, 3.05) is 11.5 Å². The molecule has 1 saturated heterocycles. The Bertz CT molecular complexity index is 678. The van der Waals surface area contributed by atoms with Gasteiger partial charge in [-0.05, 0) is 18.6 Å². The van der Waals surface area contributed by atoms with Crippen LogP contribution in [0.4, 0.5) is 4.39 Å². The Balaban J connectivity index is 2.05. The molecule has 3 rings (SSSR count). The second-order valence-corrected chi connectivity index (χ2v) is 6.59. The Morgan fingerprint density at radius 1 is 1.41 bits per heavy atom. The first-order valence-corrected chi connectivity index (χ1v) is 7.22. The van der Waals surface area contributed by atoms with Crippen molar-refractivity contribution >= 4 is 20.9 Å². The van der Waals surface area contributed by atoms with E-state index in [1.807, 2.05) is 0 Å². The topological polar surface area (TPSA) is 62.8 Å².